The van der Waals surface area contributed by atoms with Crippen LogP contribution >= 0.6 is 11.6 Å². The molecule has 7 nitrogen and oxygen atoms in total. The number of rotatable bonds is 6. The second-order valence-corrected chi connectivity index (χ2v) is 12.2. The summed E-state index contributed by atoms with van der Waals surface area (Å²) < 4.78 is 11.7. The molecular weight excluding hydrogens is 560 g/mol. The minimum absolute atomic E-state index is 0.0703. The third kappa shape index (κ3) is 8.01. The van der Waals surface area contributed by atoms with Crippen molar-refractivity contribution in [3.05, 3.63) is 59.1 Å². The molecule has 3 aliphatic heterocycles. The molecule has 3 aliphatic rings. The summed E-state index contributed by atoms with van der Waals surface area (Å²) in [6.45, 7) is 16.3. The van der Waals surface area contributed by atoms with Crippen LogP contribution in [0.15, 0.2) is 53.5 Å². The van der Waals surface area contributed by atoms with Crippen LogP contribution < -0.4 is 19.7 Å². The first-order valence-corrected chi connectivity index (χ1v) is 16.0. The van der Waals surface area contributed by atoms with Gasteiger partial charge in [-0.05, 0) is 84.0 Å². The Labute approximate surface area is 262 Å². The van der Waals surface area contributed by atoms with Gasteiger partial charge in [-0.3, -0.25) is 9.79 Å². The second-order valence-electron chi connectivity index (χ2n) is 11.7. The van der Waals surface area contributed by atoms with E-state index >= 15 is 0 Å². The number of benzene rings is 3. The lowest BCUT2D eigenvalue weighted by molar-refractivity contribution is 0.0775. The Hall–Kier alpha value is -3.29. The number of hydrogen-bond donors (Lipinski definition) is 1. The van der Waals surface area contributed by atoms with E-state index in [2.05, 4.69) is 48.1 Å². The van der Waals surface area contributed by atoms with Crippen LogP contribution in [-0.4, -0.2) is 69.5 Å². The second kappa shape index (κ2) is 14.9. The van der Waals surface area contributed by atoms with E-state index in [1.165, 1.54) is 5.69 Å². The predicted molar refractivity (Wildman–Crippen MR) is 180 cm³/mol. The summed E-state index contributed by atoms with van der Waals surface area (Å²) in [5.74, 6) is 1.48. The van der Waals surface area contributed by atoms with Crippen molar-refractivity contribution in [3.63, 3.8) is 0 Å². The van der Waals surface area contributed by atoms with Crippen LogP contribution in [0.5, 0.6) is 11.5 Å². The number of piperazine rings is 1. The van der Waals surface area contributed by atoms with Crippen molar-refractivity contribution >= 4 is 45.9 Å². The molecule has 2 fully saturated rings. The largest absolute Gasteiger partial charge is 0.493 e. The van der Waals surface area contributed by atoms with Gasteiger partial charge in [-0.25, -0.2) is 0 Å². The van der Waals surface area contributed by atoms with Gasteiger partial charge < -0.3 is 24.6 Å². The summed E-state index contributed by atoms with van der Waals surface area (Å²) in [6.07, 6.45) is 4.98. The standard InChI is InChI=1S/C23H28N2O3.C10H13ClN2.C2H6/c1-5-23(2,3)14-28-21-12-16-10-19-18(9-15(16)11-20(21)27-4)22(26)25-8-6-7-17(25)13-24-19;11-9-1-3-10(4-2-9)13-7-5-12-6-8-13;1-2/h9-13,17H,5-8,14H2,1-4H3;1-4,12H,5-8H2;1-2H3. The van der Waals surface area contributed by atoms with Crippen molar-refractivity contribution in [2.75, 3.05) is 51.3 Å². The van der Waals surface area contributed by atoms with Gasteiger partial charge in [-0.1, -0.05) is 46.2 Å². The summed E-state index contributed by atoms with van der Waals surface area (Å²) in [7, 11) is 1.65. The Bertz CT molecular complexity index is 1400. The van der Waals surface area contributed by atoms with E-state index in [0.717, 1.165) is 79.2 Å². The van der Waals surface area contributed by atoms with Crippen molar-refractivity contribution in [1.29, 1.82) is 0 Å². The number of ether oxygens (including phenoxy) is 2. The Morgan fingerprint density at radius 3 is 2.35 bits per heavy atom. The molecule has 0 saturated carbocycles. The van der Waals surface area contributed by atoms with Crippen molar-refractivity contribution in [2.24, 2.45) is 10.4 Å². The molecule has 3 aromatic rings. The molecule has 3 aromatic carbocycles. The van der Waals surface area contributed by atoms with Crippen molar-refractivity contribution < 1.29 is 14.3 Å². The number of anilines is 1. The maximum Gasteiger partial charge on any atom is 0.256 e. The number of nitrogens with zero attached hydrogens (tertiary/aromatic N) is 3. The van der Waals surface area contributed by atoms with Gasteiger partial charge in [0.15, 0.2) is 11.5 Å². The van der Waals surface area contributed by atoms with Crippen molar-refractivity contribution in [1.82, 2.24) is 10.2 Å². The Morgan fingerprint density at radius 1 is 1.00 bits per heavy atom. The number of methoxy groups -OCH3 is 1. The van der Waals surface area contributed by atoms with Gasteiger partial charge in [0.05, 0.1) is 31.0 Å². The van der Waals surface area contributed by atoms with E-state index in [4.69, 9.17) is 21.1 Å². The molecule has 43 heavy (non-hydrogen) atoms. The van der Waals surface area contributed by atoms with Crippen molar-refractivity contribution in [3.8, 4) is 11.5 Å². The van der Waals surface area contributed by atoms with Gasteiger partial charge in [0.2, 0.25) is 0 Å². The van der Waals surface area contributed by atoms with Crippen LogP contribution in [0.2, 0.25) is 5.02 Å². The van der Waals surface area contributed by atoms with Gasteiger partial charge in [0.25, 0.3) is 5.91 Å². The molecule has 0 bridgehead atoms. The van der Waals surface area contributed by atoms with Crippen LogP contribution in [0.4, 0.5) is 11.4 Å². The molecule has 0 spiro atoms. The van der Waals surface area contributed by atoms with E-state index in [-0.39, 0.29) is 17.4 Å². The van der Waals surface area contributed by atoms with Gasteiger partial charge in [0, 0.05) is 49.6 Å². The first-order chi connectivity index (χ1) is 20.8. The highest BCUT2D eigenvalue weighted by molar-refractivity contribution is 6.30. The third-order valence-electron chi connectivity index (χ3n) is 8.30. The van der Waals surface area contributed by atoms with E-state index in [0.29, 0.717) is 17.9 Å². The fourth-order valence-corrected chi connectivity index (χ4v) is 5.44. The molecule has 2 saturated heterocycles. The topological polar surface area (TPSA) is 66.4 Å². The number of carbonyl (C=O) groups excluding carboxylic acids is 1. The smallest absolute Gasteiger partial charge is 0.256 e. The summed E-state index contributed by atoms with van der Waals surface area (Å²) in [5.41, 5.74) is 2.76. The molecule has 3 heterocycles. The zero-order chi connectivity index (χ0) is 31.0. The van der Waals surface area contributed by atoms with Crippen LogP contribution in [0.25, 0.3) is 10.8 Å². The molecule has 0 aromatic heterocycles. The Morgan fingerprint density at radius 2 is 1.67 bits per heavy atom. The molecule has 232 valence electrons. The molecular formula is C35H47ClN4O3. The fraction of sp³-hybridized carbons (Fsp3) is 0.486. The Balaban J connectivity index is 0.000000235. The number of aliphatic imine (C=N–C) groups is 1. The Kier molecular flexibility index (Phi) is 11.3. The average molecular weight is 607 g/mol. The maximum atomic E-state index is 13.0. The SMILES string of the molecule is CC.CCC(C)(C)COc1cc2cc3c(cc2cc1OC)C(=O)N1CCCC1C=N3.Clc1ccc(N2CCNCC2)cc1. The normalized spacial score (nSPS) is 17.7. The lowest BCUT2D eigenvalue weighted by Gasteiger charge is -2.29. The van der Waals surface area contributed by atoms with E-state index in [1.807, 2.05) is 61.4 Å². The number of fused-ring (bicyclic) bond motifs is 3. The highest BCUT2D eigenvalue weighted by atomic mass is 35.5. The number of hydrogen-bond acceptors (Lipinski definition) is 6. The monoisotopic (exact) mass is 606 g/mol. The molecule has 8 heteroatoms. The molecule has 0 radical (unpaired) electrons. The van der Waals surface area contributed by atoms with Gasteiger partial charge in [-0.2, -0.15) is 0 Å². The summed E-state index contributed by atoms with van der Waals surface area (Å²) in [5, 5.41) is 6.09. The van der Waals surface area contributed by atoms with Gasteiger partial charge >= 0.3 is 0 Å². The predicted octanol–water partition coefficient (Wildman–Crippen LogP) is 7.76. The number of amides is 1. The lowest BCUT2D eigenvalue weighted by Crippen LogP contribution is -2.43. The van der Waals surface area contributed by atoms with E-state index in [9.17, 15) is 4.79 Å². The molecule has 0 aliphatic carbocycles. The lowest BCUT2D eigenvalue weighted by atomic mass is 9.92. The van der Waals surface area contributed by atoms with Crippen LogP contribution in [0, 0.1) is 5.41 Å². The highest BCUT2D eigenvalue weighted by Crippen LogP contribution is 2.38. The average Bonchev–Trinajstić information content (AvgIpc) is 3.48. The molecule has 6 rings (SSSR count). The molecule has 1 unspecified atom stereocenters. The van der Waals surface area contributed by atoms with E-state index in [1.54, 1.807) is 7.11 Å². The van der Waals surface area contributed by atoms with Crippen molar-refractivity contribution in [2.45, 2.75) is 59.9 Å². The molecule has 1 N–H and O–H groups in total. The van der Waals surface area contributed by atoms with Gasteiger partial charge in [0.1, 0.15) is 0 Å². The fourth-order valence-electron chi connectivity index (χ4n) is 5.32. The van der Waals surface area contributed by atoms with E-state index < -0.39 is 0 Å². The van der Waals surface area contributed by atoms with Crippen LogP contribution in [-0.2, 0) is 0 Å². The number of carbonyl (C=O) groups is 1. The minimum Gasteiger partial charge on any atom is -0.493 e. The van der Waals surface area contributed by atoms with Crippen LogP contribution in [0.1, 0.15) is 64.2 Å². The first kappa shape index (κ1) is 32.6. The van der Waals surface area contributed by atoms with Gasteiger partial charge in [-0.15, -0.1) is 0 Å². The zero-order valence-corrected chi connectivity index (χ0v) is 27.3. The highest BCUT2D eigenvalue weighted by Gasteiger charge is 2.32. The molecule has 1 amide bonds. The third-order valence-corrected chi connectivity index (χ3v) is 8.55. The minimum atomic E-state index is 0.0703. The molecule has 1 atom stereocenters. The first-order valence-electron chi connectivity index (χ1n) is 15.6. The zero-order valence-electron chi connectivity index (χ0n) is 26.6. The van der Waals surface area contributed by atoms with Crippen LogP contribution in [0.3, 0.4) is 0 Å². The number of halogens is 1. The summed E-state index contributed by atoms with van der Waals surface area (Å²) in [4.78, 5) is 22.0. The number of nitrogens with one attached hydrogen (secondary N) is 1. The quantitative estimate of drug-likeness (QED) is 0.311. The summed E-state index contributed by atoms with van der Waals surface area (Å²) >= 11 is 5.82. The maximum absolute atomic E-state index is 13.0. The summed E-state index contributed by atoms with van der Waals surface area (Å²) in [6, 6.07) is 16.0.